The molecule has 1 heterocycles. The van der Waals surface area contributed by atoms with Crippen molar-refractivity contribution < 1.29 is 23.1 Å². The number of carbonyl (C=O) groups is 1. The van der Waals surface area contributed by atoms with E-state index in [0.29, 0.717) is 12.0 Å². The van der Waals surface area contributed by atoms with Crippen LogP contribution in [0.3, 0.4) is 0 Å². The quantitative estimate of drug-likeness (QED) is 0.721. The van der Waals surface area contributed by atoms with Crippen LogP contribution in [0.15, 0.2) is 0 Å². The number of hydrogen-bond acceptors (Lipinski definition) is 3. The molecule has 0 aromatic rings. The average Bonchev–Trinajstić information content (AvgIpc) is 3.02. The fourth-order valence-corrected chi connectivity index (χ4v) is 3.99. The van der Waals surface area contributed by atoms with Crippen LogP contribution < -0.4 is 10.6 Å². The Balaban J connectivity index is 1.51. The highest BCUT2D eigenvalue weighted by Crippen LogP contribution is 2.42. The van der Waals surface area contributed by atoms with Gasteiger partial charge in [0.2, 0.25) is 5.91 Å². The molecule has 0 spiro atoms. The van der Waals surface area contributed by atoms with E-state index in [2.05, 4.69) is 10.6 Å². The minimum absolute atomic E-state index is 0.000300. The van der Waals surface area contributed by atoms with Gasteiger partial charge in [-0.3, -0.25) is 4.79 Å². The first kappa shape index (κ1) is 15.1. The van der Waals surface area contributed by atoms with Crippen LogP contribution in [0.4, 0.5) is 13.2 Å². The van der Waals surface area contributed by atoms with Crippen molar-refractivity contribution in [3.8, 4) is 0 Å². The van der Waals surface area contributed by atoms with Crippen molar-refractivity contribution in [2.75, 3.05) is 6.54 Å². The van der Waals surface area contributed by atoms with E-state index in [-0.39, 0.29) is 43.6 Å². The van der Waals surface area contributed by atoms with E-state index in [4.69, 9.17) is 0 Å². The van der Waals surface area contributed by atoms with E-state index in [0.717, 1.165) is 19.4 Å². The normalized spacial score (nSPS) is 43.0. The van der Waals surface area contributed by atoms with Crippen molar-refractivity contribution in [2.45, 2.75) is 62.4 Å². The molecule has 3 unspecified atom stereocenters. The Morgan fingerprint density at radius 2 is 1.90 bits per heavy atom. The largest absolute Gasteiger partial charge is 0.417 e. The zero-order valence-corrected chi connectivity index (χ0v) is 11.7. The summed E-state index contributed by atoms with van der Waals surface area (Å²) in [5, 5.41) is 15.8. The summed E-state index contributed by atoms with van der Waals surface area (Å²) < 4.78 is 38.2. The van der Waals surface area contributed by atoms with Crippen LogP contribution in [-0.4, -0.2) is 41.4 Å². The Hall–Kier alpha value is -0.820. The molecule has 120 valence electrons. The number of piperidine rings is 1. The molecule has 21 heavy (non-hydrogen) atoms. The highest BCUT2D eigenvalue weighted by molar-refractivity contribution is 5.80. The zero-order chi connectivity index (χ0) is 15.3. The highest BCUT2D eigenvalue weighted by atomic mass is 19.4. The standard InChI is InChI=1S/C14H21F3N2O2/c15-14(16,17)13(21)3-1-9(2-4-13)19-12(20)11-6-10-5-8(11)7-18-10/h8-11,18,21H,1-7H2,(H,19,20). The maximum atomic E-state index is 12.7. The molecular formula is C14H21F3N2O2. The number of aliphatic hydroxyl groups is 1. The lowest BCUT2D eigenvalue weighted by molar-refractivity contribution is -0.270. The number of carbonyl (C=O) groups excluding carboxylic acids is 1. The van der Waals surface area contributed by atoms with Crippen molar-refractivity contribution in [2.24, 2.45) is 11.8 Å². The molecule has 2 saturated carbocycles. The fourth-order valence-electron chi connectivity index (χ4n) is 3.99. The first-order chi connectivity index (χ1) is 9.78. The summed E-state index contributed by atoms with van der Waals surface area (Å²) in [5.74, 6) is 0.344. The molecule has 3 atom stereocenters. The van der Waals surface area contributed by atoms with Crippen LogP contribution in [0.1, 0.15) is 38.5 Å². The van der Waals surface area contributed by atoms with Crippen LogP contribution >= 0.6 is 0 Å². The van der Waals surface area contributed by atoms with E-state index in [1.54, 1.807) is 0 Å². The number of alkyl halides is 3. The van der Waals surface area contributed by atoms with Gasteiger partial charge in [0, 0.05) is 18.0 Å². The second kappa shape index (κ2) is 5.12. The van der Waals surface area contributed by atoms with E-state index >= 15 is 0 Å². The first-order valence-electron chi connectivity index (χ1n) is 7.61. The minimum Gasteiger partial charge on any atom is -0.380 e. The lowest BCUT2D eigenvalue weighted by Crippen LogP contribution is -2.52. The molecular weight excluding hydrogens is 285 g/mol. The van der Waals surface area contributed by atoms with Crippen molar-refractivity contribution >= 4 is 5.91 Å². The third-order valence-corrected chi connectivity index (χ3v) is 5.39. The Kier molecular flexibility index (Phi) is 3.68. The van der Waals surface area contributed by atoms with Crippen LogP contribution in [0.5, 0.6) is 0 Å². The molecule has 4 nitrogen and oxygen atoms in total. The number of fused-ring (bicyclic) bond motifs is 2. The molecule has 3 rings (SSSR count). The van der Waals surface area contributed by atoms with Gasteiger partial charge in [-0.1, -0.05) is 0 Å². The number of halogens is 3. The maximum absolute atomic E-state index is 12.7. The van der Waals surface area contributed by atoms with E-state index in [1.165, 1.54) is 0 Å². The van der Waals surface area contributed by atoms with Gasteiger partial charge in [-0.25, -0.2) is 0 Å². The molecule has 2 bridgehead atoms. The lowest BCUT2D eigenvalue weighted by atomic mass is 9.81. The molecule has 0 aromatic heterocycles. The Bertz CT molecular complexity index is 419. The number of hydrogen-bond donors (Lipinski definition) is 3. The van der Waals surface area contributed by atoms with Crippen LogP contribution in [0.25, 0.3) is 0 Å². The van der Waals surface area contributed by atoms with Gasteiger partial charge in [0.1, 0.15) is 0 Å². The number of rotatable bonds is 2. The van der Waals surface area contributed by atoms with Gasteiger partial charge in [0.15, 0.2) is 5.60 Å². The molecule has 1 amide bonds. The molecule has 3 aliphatic rings. The summed E-state index contributed by atoms with van der Waals surface area (Å²) in [6.45, 7) is 0.862. The zero-order valence-electron chi connectivity index (χ0n) is 11.7. The number of nitrogens with one attached hydrogen (secondary N) is 2. The van der Waals surface area contributed by atoms with Gasteiger partial charge in [0.05, 0.1) is 0 Å². The Morgan fingerprint density at radius 1 is 1.24 bits per heavy atom. The van der Waals surface area contributed by atoms with E-state index in [1.807, 2.05) is 0 Å². The SMILES string of the molecule is O=C(NC1CCC(O)(C(F)(F)F)CC1)C1CC2CC1CN2. The smallest absolute Gasteiger partial charge is 0.380 e. The predicted octanol–water partition coefficient (Wildman–Crippen LogP) is 1.34. The third-order valence-electron chi connectivity index (χ3n) is 5.39. The summed E-state index contributed by atoms with van der Waals surface area (Å²) in [6, 6.07) is 0.180. The summed E-state index contributed by atoms with van der Waals surface area (Å²) in [4.78, 5) is 12.2. The van der Waals surface area contributed by atoms with Crippen molar-refractivity contribution in [3.05, 3.63) is 0 Å². The summed E-state index contributed by atoms with van der Waals surface area (Å²) in [6.07, 6.45) is -3.04. The van der Waals surface area contributed by atoms with Crippen LogP contribution in [0, 0.1) is 11.8 Å². The highest BCUT2D eigenvalue weighted by Gasteiger charge is 2.55. The second-order valence-corrected chi connectivity index (χ2v) is 6.76. The minimum atomic E-state index is -4.59. The Labute approximate surface area is 121 Å². The second-order valence-electron chi connectivity index (χ2n) is 6.76. The van der Waals surface area contributed by atoms with Gasteiger partial charge < -0.3 is 15.7 Å². The average molecular weight is 306 g/mol. The van der Waals surface area contributed by atoms with E-state index in [9.17, 15) is 23.1 Å². The van der Waals surface area contributed by atoms with Crippen molar-refractivity contribution in [1.82, 2.24) is 10.6 Å². The molecule has 1 saturated heterocycles. The van der Waals surface area contributed by atoms with Crippen molar-refractivity contribution in [1.29, 1.82) is 0 Å². The maximum Gasteiger partial charge on any atom is 0.417 e. The number of amides is 1. The third kappa shape index (κ3) is 2.77. The predicted molar refractivity (Wildman–Crippen MR) is 69.4 cm³/mol. The molecule has 3 N–H and O–H groups in total. The van der Waals surface area contributed by atoms with Crippen LogP contribution in [-0.2, 0) is 4.79 Å². The van der Waals surface area contributed by atoms with Crippen LogP contribution in [0.2, 0.25) is 0 Å². The molecule has 0 radical (unpaired) electrons. The fraction of sp³-hybridized carbons (Fsp3) is 0.929. The van der Waals surface area contributed by atoms with Gasteiger partial charge in [-0.2, -0.15) is 13.2 Å². The van der Waals surface area contributed by atoms with E-state index < -0.39 is 11.8 Å². The Morgan fingerprint density at radius 3 is 2.38 bits per heavy atom. The van der Waals surface area contributed by atoms with Gasteiger partial charge in [0.25, 0.3) is 0 Å². The van der Waals surface area contributed by atoms with Gasteiger partial charge >= 0.3 is 6.18 Å². The molecule has 1 aliphatic heterocycles. The molecule has 0 aromatic carbocycles. The first-order valence-corrected chi connectivity index (χ1v) is 7.61. The monoisotopic (exact) mass is 306 g/mol. The molecule has 2 aliphatic carbocycles. The van der Waals surface area contributed by atoms with Crippen molar-refractivity contribution in [3.63, 3.8) is 0 Å². The summed E-state index contributed by atoms with van der Waals surface area (Å²) in [7, 11) is 0. The summed E-state index contributed by atoms with van der Waals surface area (Å²) in [5.41, 5.74) is -2.58. The summed E-state index contributed by atoms with van der Waals surface area (Å²) >= 11 is 0. The van der Waals surface area contributed by atoms with Gasteiger partial charge in [-0.05, 0) is 51.0 Å². The molecule has 7 heteroatoms. The van der Waals surface area contributed by atoms with Gasteiger partial charge in [-0.15, -0.1) is 0 Å². The topological polar surface area (TPSA) is 61.4 Å². The lowest BCUT2D eigenvalue weighted by Gasteiger charge is -2.38. The molecule has 3 fully saturated rings.